The van der Waals surface area contributed by atoms with Gasteiger partial charge in [-0.05, 0) is 25.0 Å². The highest BCUT2D eigenvalue weighted by Crippen LogP contribution is 2.26. The molecular weight excluding hydrogens is 282 g/mol. The SMILES string of the molecule is O=C(O)CCS(=O)(=O)Nc1cccnc1N1CCCC1. The van der Waals surface area contributed by atoms with Gasteiger partial charge in [0.2, 0.25) is 10.0 Å². The Hall–Kier alpha value is -1.83. The lowest BCUT2D eigenvalue weighted by Crippen LogP contribution is -2.24. The van der Waals surface area contributed by atoms with Gasteiger partial charge in [0.05, 0.1) is 17.9 Å². The normalized spacial score (nSPS) is 15.3. The lowest BCUT2D eigenvalue weighted by molar-refractivity contribution is -0.136. The van der Waals surface area contributed by atoms with Gasteiger partial charge in [-0.25, -0.2) is 13.4 Å². The van der Waals surface area contributed by atoms with Gasteiger partial charge < -0.3 is 10.0 Å². The molecule has 8 heteroatoms. The van der Waals surface area contributed by atoms with E-state index in [2.05, 4.69) is 9.71 Å². The number of hydrogen-bond acceptors (Lipinski definition) is 5. The minimum Gasteiger partial charge on any atom is -0.481 e. The van der Waals surface area contributed by atoms with Crippen LogP contribution in [0, 0.1) is 0 Å². The molecule has 1 aliphatic rings. The number of carboxylic acid groups (broad SMARTS) is 1. The molecule has 2 rings (SSSR count). The van der Waals surface area contributed by atoms with Crippen molar-refractivity contribution in [3.05, 3.63) is 18.3 Å². The van der Waals surface area contributed by atoms with Gasteiger partial charge in [-0.3, -0.25) is 9.52 Å². The van der Waals surface area contributed by atoms with Crippen LogP contribution in [0.25, 0.3) is 0 Å². The van der Waals surface area contributed by atoms with Gasteiger partial charge in [-0.2, -0.15) is 0 Å². The van der Waals surface area contributed by atoms with Gasteiger partial charge in [0.1, 0.15) is 0 Å². The summed E-state index contributed by atoms with van der Waals surface area (Å²) in [6.45, 7) is 1.70. The molecule has 0 aliphatic carbocycles. The summed E-state index contributed by atoms with van der Waals surface area (Å²) in [5.74, 6) is -0.985. The Morgan fingerprint density at radius 1 is 1.40 bits per heavy atom. The molecule has 0 unspecified atom stereocenters. The molecule has 2 heterocycles. The predicted octanol–water partition coefficient (Wildman–Crippen LogP) is 0.898. The van der Waals surface area contributed by atoms with Crippen molar-refractivity contribution in [3.8, 4) is 0 Å². The molecule has 0 aromatic carbocycles. The van der Waals surface area contributed by atoms with E-state index >= 15 is 0 Å². The number of anilines is 2. The van der Waals surface area contributed by atoms with E-state index in [0.717, 1.165) is 25.9 Å². The third-order valence-electron chi connectivity index (χ3n) is 3.04. The Labute approximate surface area is 117 Å². The second-order valence-corrected chi connectivity index (χ2v) is 6.48. The predicted molar refractivity (Wildman–Crippen MR) is 75.3 cm³/mol. The first-order valence-electron chi connectivity index (χ1n) is 6.40. The zero-order valence-corrected chi connectivity index (χ0v) is 11.8. The standard InChI is InChI=1S/C12H17N3O4S/c16-11(17)5-9-20(18,19)14-10-4-3-6-13-12(10)15-7-1-2-8-15/h3-4,6,14H,1-2,5,7-9H2,(H,16,17). The van der Waals surface area contributed by atoms with Crippen molar-refractivity contribution < 1.29 is 18.3 Å². The summed E-state index contributed by atoms with van der Waals surface area (Å²) in [7, 11) is -3.68. The molecule has 20 heavy (non-hydrogen) atoms. The maximum atomic E-state index is 11.9. The van der Waals surface area contributed by atoms with Crippen LogP contribution in [0.1, 0.15) is 19.3 Å². The number of rotatable bonds is 6. The first-order chi connectivity index (χ1) is 9.48. The summed E-state index contributed by atoms with van der Waals surface area (Å²) < 4.78 is 26.1. The lowest BCUT2D eigenvalue weighted by atomic mass is 10.4. The number of carbonyl (C=O) groups is 1. The molecule has 0 radical (unpaired) electrons. The number of hydrogen-bond donors (Lipinski definition) is 2. The number of aliphatic carboxylic acids is 1. The van der Waals surface area contributed by atoms with E-state index in [1.54, 1.807) is 18.3 Å². The smallest absolute Gasteiger partial charge is 0.304 e. The van der Waals surface area contributed by atoms with Crippen LogP contribution in [0.2, 0.25) is 0 Å². The average Bonchev–Trinajstić information content (AvgIpc) is 2.90. The van der Waals surface area contributed by atoms with Crippen molar-refractivity contribution in [2.75, 3.05) is 28.5 Å². The number of pyridine rings is 1. The fraction of sp³-hybridized carbons (Fsp3) is 0.500. The Bertz CT molecular complexity index is 582. The third-order valence-corrected chi connectivity index (χ3v) is 4.31. The summed E-state index contributed by atoms with van der Waals surface area (Å²) in [5, 5.41) is 8.56. The first kappa shape index (κ1) is 14.6. The van der Waals surface area contributed by atoms with Crippen LogP contribution in [0.15, 0.2) is 18.3 Å². The molecule has 0 bridgehead atoms. The number of aromatic nitrogens is 1. The Kier molecular flexibility index (Phi) is 4.43. The molecule has 0 atom stereocenters. The summed E-state index contributed by atoms with van der Waals surface area (Å²) >= 11 is 0. The van der Waals surface area contributed by atoms with Crippen molar-refractivity contribution in [1.29, 1.82) is 0 Å². The fourth-order valence-corrected chi connectivity index (χ4v) is 3.14. The highest BCUT2D eigenvalue weighted by Gasteiger charge is 2.20. The van der Waals surface area contributed by atoms with Gasteiger partial charge in [-0.1, -0.05) is 0 Å². The van der Waals surface area contributed by atoms with E-state index in [4.69, 9.17) is 5.11 Å². The van der Waals surface area contributed by atoms with E-state index < -0.39 is 28.2 Å². The van der Waals surface area contributed by atoms with Gasteiger partial charge in [-0.15, -0.1) is 0 Å². The van der Waals surface area contributed by atoms with Crippen molar-refractivity contribution in [3.63, 3.8) is 0 Å². The zero-order valence-electron chi connectivity index (χ0n) is 10.9. The molecular formula is C12H17N3O4S. The molecule has 0 spiro atoms. The molecule has 0 saturated carbocycles. The van der Waals surface area contributed by atoms with Crippen LogP contribution in [-0.2, 0) is 14.8 Å². The molecule has 1 fully saturated rings. The first-order valence-corrected chi connectivity index (χ1v) is 8.05. The maximum absolute atomic E-state index is 11.9. The largest absolute Gasteiger partial charge is 0.481 e. The van der Waals surface area contributed by atoms with Gasteiger partial charge >= 0.3 is 5.97 Å². The third kappa shape index (κ3) is 3.83. The van der Waals surface area contributed by atoms with Crippen LogP contribution in [0.3, 0.4) is 0 Å². The molecule has 0 amide bonds. The van der Waals surface area contributed by atoms with Gasteiger partial charge in [0.15, 0.2) is 5.82 Å². The van der Waals surface area contributed by atoms with E-state index in [1.165, 1.54) is 0 Å². The molecule has 7 nitrogen and oxygen atoms in total. The summed E-state index contributed by atoms with van der Waals surface area (Å²) in [4.78, 5) is 16.7. The molecule has 1 aliphatic heterocycles. The maximum Gasteiger partial charge on any atom is 0.304 e. The Balaban J connectivity index is 2.14. The van der Waals surface area contributed by atoms with E-state index in [-0.39, 0.29) is 0 Å². The zero-order chi connectivity index (χ0) is 14.6. The highest BCUT2D eigenvalue weighted by molar-refractivity contribution is 7.92. The fourth-order valence-electron chi connectivity index (χ4n) is 2.10. The molecule has 1 aromatic heterocycles. The van der Waals surface area contributed by atoms with Gasteiger partial charge in [0.25, 0.3) is 0 Å². The monoisotopic (exact) mass is 299 g/mol. The van der Waals surface area contributed by atoms with Crippen molar-refractivity contribution in [2.45, 2.75) is 19.3 Å². The molecule has 2 N–H and O–H groups in total. The topological polar surface area (TPSA) is 99.6 Å². The average molecular weight is 299 g/mol. The summed E-state index contributed by atoms with van der Waals surface area (Å²) in [6, 6.07) is 3.29. The minimum absolute atomic E-state index is 0.403. The van der Waals surface area contributed by atoms with Crippen molar-refractivity contribution in [2.24, 2.45) is 0 Å². The molecule has 1 aromatic rings. The van der Waals surface area contributed by atoms with Crippen LogP contribution < -0.4 is 9.62 Å². The van der Waals surface area contributed by atoms with Crippen LogP contribution in [0.4, 0.5) is 11.5 Å². The van der Waals surface area contributed by atoms with E-state index in [1.807, 2.05) is 4.90 Å². The van der Waals surface area contributed by atoms with E-state index in [9.17, 15) is 13.2 Å². The molecule has 1 saturated heterocycles. The minimum atomic E-state index is -3.68. The second kappa shape index (κ2) is 6.08. The highest BCUT2D eigenvalue weighted by atomic mass is 32.2. The van der Waals surface area contributed by atoms with Crippen molar-refractivity contribution >= 4 is 27.5 Å². The molecule has 110 valence electrons. The second-order valence-electron chi connectivity index (χ2n) is 4.63. The Morgan fingerprint density at radius 2 is 2.10 bits per heavy atom. The quantitative estimate of drug-likeness (QED) is 0.809. The number of nitrogens with one attached hydrogen (secondary N) is 1. The van der Waals surface area contributed by atoms with E-state index in [0.29, 0.717) is 11.5 Å². The summed E-state index contributed by atoms with van der Waals surface area (Å²) in [5.41, 5.74) is 0.403. The van der Waals surface area contributed by atoms with Crippen LogP contribution >= 0.6 is 0 Å². The van der Waals surface area contributed by atoms with Crippen molar-refractivity contribution in [1.82, 2.24) is 4.98 Å². The number of nitrogens with zero attached hydrogens (tertiary/aromatic N) is 2. The lowest BCUT2D eigenvalue weighted by Gasteiger charge is -2.20. The Morgan fingerprint density at radius 3 is 2.75 bits per heavy atom. The number of sulfonamides is 1. The number of carboxylic acids is 1. The van der Waals surface area contributed by atoms with Gasteiger partial charge in [0, 0.05) is 19.3 Å². The summed E-state index contributed by atoms with van der Waals surface area (Å²) in [6.07, 6.45) is 3.31. The van der Waals surface area contributed by atoms with Crippen LogP contribution in [-0.4, -0.2) is 43.3 Å². The van der Waals surface area contributed by atoms with Crippen LogP contribution in [0.5, 0.6) is 0 Å².